The molecule has 1 unspecified atom stereocenters. The van der Waals surface area contributed by atoms with Crippen molar-refractivity contribution in [1.29, 1.82) is 0 Å². The summed E-state index contributed by atoms with van der Waals surface area (Å²) in [5.74, 6) is 0. The van der Waals surface area contributed by atoms with E-state index in [0.717, 1.165) is 0 Å². The Balaban J connectivity index is -0.000000245. The molecule has 61 valence electrons. The number of rotatable bonds is 3. The van der Waals surface area contributed by atoms with E-state index in [2.05, 4.69) is 4.52 Å². The van der Waals surface area contributed by atoms with E-state index >= 15 is 0 Å². The van der Waals surface area contributed by atoms with E-state index in [1.165, 1.54) is 13.8 Å². The lowest BCUT2D eigenvalue weighted by Gasteiger charge is -2.07. The van der Waals surface area contributed by atoms with Crippen molar-refractivity contribution in [2.75, 3.05) is 20.4 Å². The van der Waals surface area contributed by atoms with E-state index in [-0.39, 0.29) is 15.8 Å². The highest BCUT2D eigenvalue weighted by atomic mass is 31.2. The fraction of sp³-hybridized carbons (Fsp3) is 1.00. The summed E-state index contributed by atoms with van der Waals surface area (Å²) in [6.07, 6.45) is 0. The van der Waals surface area contributed by atoms with Gasteiger partial charge in [-0.3, -0.25) is 4.57 Å². The molecule has 0 saturated heterocycles. The second-order valence-corrected chi connectivity index (χ2v) is 3.54. The predicted octanol–water partition coefficient (Wildman–Crippen LogP) is 1.75. The van der Waals surface area contributed by atoms with Crippen molar-refractivity contribution in [2.45, 2.75) is 14.4 Å². The Morgan fingerprint density at radius 3 is 2.00 bits per heavy atom. The molecule has 5 heteroatoms. The van der Waals surface area contributed by atoms with Crippen LogP contribution < -0.4 is 0 Å². The van der Waals surface area contributed by atoms with Crippen LogP contribution in [0.15, 0.2) is 0 Å². The van der Waals surface area contributed by atoms with Crippen LogP contribution in [0.2, 0.25) is 0 Å². The lowest BCUT2D eigenvalue weighted by molar-refractivity contribution is 0.250. The molecule has 0 aliphatic heterocycles. The highest BCUT2D eigenvalue weighted by Crippen LogP contribution is 2.41. The summed E-state index contributed by atoms with van der Waals surface area (Å²) in [7, 11) is -1.30. The van der Waals surface area contributed by atoms with E-state index in [1.54, 1.807) is 6.92 Å². The fourth-order valence-corrected chi connectivity index (χ4v) is 0.862. The molecule has 10 heavy (non-hydrogen) atoms. The third-order valence-electron chi connectivity index (χ3n) is 0.695. The van der Waals surface area contributed by atoms with Gasteiger partial charge in [-0.1, -0.05) is 7.43 Å². The molecule has 3 nitrogen and oxygen atoms in total. The van der Waals surface area contributed by atoms with Gasteiger partial charge in [-0.05, 0) is 6.92 Å². The lowest BCUT2D eigenvalue weighted by Crippen LogP contribution is -1.88. The Bertz CT molecular complexity index is 107. The minimum atomic E-state index is -2.67. The van der Waals surface area contributed by atoms with Crippen LogP contribution in [-0.2, 0) is 13.6 Å². The SMILES string of the molecule is C.CCOP(C)(=O)OC.[B]. The molecule has 0 aliphatic carbocycles. The maximum Gasteiger partial charge on any atom is 0.327 e. The van der Waals surface area contributed by atoms with Gasteiger partial charge in [0.15, 0.2) is 0 Å². The Morgan fingerprint density at radius 1 is 1.50 bits per heavy atom. The van der Waals surface area contributed by atoms with Crippen LogP contribution in [0.1, 0.15) is 14.4 Å². The second-order valence-electron chi connectivity index (χ2n) is 1.37. The van der Waals surface area contributed by atoms with E-state index in [9.17, 15) is 4.57 Å². The average molecular weight is 165 g/mol. The van der Waals surface area contributed by atoms with Gasteiger partial charge < -0.3 is 9.05 Å². The molecule has 0 fully saturated rings. The van der Waals surface area contributed by atoms with Gasteiger partial charge in [0.25, 0.3) is 0 Å². The van der Waals surface area contributed by atoms with Crippen molar-refractivity contribution in [3.8, 4) is 0 Å². The van der Waals surface area contributed by atoms with Crippen LogP contribution in [0.25, 0.3) is 0 Å². The molecular formula is C5H15BO3P. The average Bonchev–Trinajstić information content (AvgIpc) is 1.67. The maximum atomic E-state index is 10.7. The minimum absolute atomic E-state index is 0. The summed E-state index contributed by atoms with van der Waals surface area (Å²) in [5, 5.41) is 0. The minimum Gasteiger partial charge on any atom is -0.312 e. The molecule has 0 aromatic heterocycles. The third kappa shape index (κ3) is 8.21. The molecule has 3 radical (unpaired) electrons. The van der Waals surface area contributed by atoms with Crippen LogP contribution >= 0.6 is 7.60 Å². The first-order valence-electron chi connectivity index (χ1n) is 2.40. The largest absolute Gasteiger partial charge is 0.327 e. The number of hydrogen-bond donors (Lipinski definition) is 0. The van der Waals surface area contributed by atoms with Crippen LogP contribution in [0.3, 0.4) is 0 Å². The van der Waals surface area contributed by atoms with Gasteiger partial charge in [0.2, 0.25) is 0 Å². The molecule has 0 rings (SSSR count). The van der Waals surface area contributed by atoms with E-state index in [1.807, 2.05) is 0 Å². The molecule has 0 heterocycles. The zero-order chi connectivity index (χ0) is 6.62. The van der Waals surface area contributed by atoms with Crippen molar-refractivity contribution < 1.29 is 13.6 Å². The van der Waals surface area contributed by atoms with E-state index < -0.39 is 7.60 Å². The smallest absolute Gasteiger partial charge is 0.312 e. The Hall–Kier alpha value is 0.215. The normalized spacial score (nSPS) is 14.3. The fourth-order valence-electron chi connectivity index (χ4n) is 0.287. The van der Waals surface area contributed by atoms with Crippen LogP contribution in [0, 0.1) is 0 Å². The molecule has 0 N–H and O–H groups in total. The first-order valence-corrected chi connectivity index (χ1v) is 4.39. The summed E-state index contributed by atoms with van der Waals surface area (Å²) >= 11 is 0. The maximum absolute atomic E-state index is 10.7. The van der Waals surface area contributed by atoms with Gasteiger partial charge in [0.1, 0.15) is 0 Å². The highest BCUT2D eigenvalue weighted by Gasteiger charge is 2.11. The quantitative estimate of drug-likeness (QED) is 0.471. The van der Waals surface area contributed by atoms with Crippen LogP contribution in [-0.4, -0.2) is 28.8 Å². The topological polar surface area (TPSA) is 35.5 Å². The molecule has 0 amide bonds. The Kier molecular flexibility index (Phi) is 12.2. The van der Waals surface area contributed by atoms with Crippen LogP contribution in [0.4, 0.5) is 0 Å². The van der Waals surface area contributed by atoms with Gasteiger partial charge in [-0.15, -0.1) is 0 Å². The van der Waals surface area contributed by atoms with Gasteiger partial charge >= 0.3 is 7.60 Å². The molecule has 0 bridgehead atoms. The lowest BCUT2D eigenvalue weighted by atomic mass is 10.8. The van der Waals surface area contributed by atoms with Gasteiger partial charge in [-0.2, -0.15) is 0 Å². The first kappa shape index (κ1) is 16.7. The van der Waals surface area contributed by atoms with Gasteiger partial charge in [0.05, 0.1) is 6.61 Å². The highest BCUT2D eigenvalue weighted by molar-refractivity contribution is 7.52. The van der Waals surface area contributed by atoms with Gasteiger partial charge in [-0.25, -0.2) is 0 Å². The monoisotopic (exact) mass is 165 g/mol. The molecule has 0 aromatic carbocycles. The second kappa shape index (κ2) is 7.32. The summed E-state index contributed by atoms with van der Waals surface area (Å²) in [4.78, 5) is 0. The van der Waals surface area contributed by atoms with Crippen molar-refractivity contribution >= 4 is 16.0 Å². The van der Waals surface area contributed by atoms with Crippen molar-refractivity contribution in [2.24, 2.45) is 0 Å². The zero-order valence-corrected chi connectivity index (χ0v) is 6.85. The molecule has 0 aliphatic rings. The Labute approximate surface area is 65.2 Å². The van der Waals surface area contributed by atoms with Crippen molar-refractivity contribution in [1.82, 2.24) is 0 Å². The van der Waals surface area contributed by atoms with E-state index in [0.29, 0.717) is 6.61 Å². The third-order valence-corrected chi connectivity index (χ3v) is 2.09. The number of hydrogen-bond acceptors (Lipinski definition) is 3. The van der Waals surface area contributed by atoms with Gasteiger partial charge in [0, 0.05) is 22.2 Å². The van der Waals surface area contributed by atoms with Crippen molar-refractivity contribution in [3.05, 3.63) is 0 Å². The first-order chi connectivity index (χ1) is 3.62. The van der Waals surface area contributed by atoms with Crippen molar-refractivity contribution in [3.63, 3.8) is 0 Å². The summed E-state index contributed by atoms with van der Waals surface area (Å²) in [5.41, 5.74) is 0. The summed E-state index contributed by atoms with van der Waals surface area (Å²) in [6, 6.07) is 0. The Morgan fingerprint density at radius 2 is 1.90 bits per heavy atom. The predicted molar refractivity (Wildman–Crippen MR) is 44.7 cm³/mol. The molecule has 0 aromatic rings. The molecule has 0 spiro atoms. The molecular weight excluding hydrogens is 150 g/mol. The summed E-state index contributed by atoms with van der Waals surface area (Å²) < 4.78 is 20.0. The van der Waals surface area contributed by atoms with E-state index in [4.69, 9.17) is 4.52 Å². The molecule has 1 atom stereocenters. The molecule has 0 saturated carbocycles. The summed E-state index contributed by atoms with van der Waals surface area (Å²) in [6.45, 7) is 3.65. The van der Waals surface area contributed by atoms with Crippen LogP contribution in [0.5, 0.6) is 0 Å². The standard InChI is InChI=1S/C4H11O3P.CH4.B/c1-4-7-8(3,5)6-2;;/h4H2,1-3H3;1H4;. The zero-order valence-electron chi connectivity index (χ0n) is 5.96.